The Balaban J connectivity index is 2.24. The van der Waals surface area contributed by atoms with Gasteiger partial charge in [0.25, 0.3) is 0 Å². The van der Waals surface area contributed by atoms with Crippen LogP contribution in [0.15, 0.2) is 48.5 Å². The minimum absolute atomic E-state index is 0.0137. The second-order valence-electron chi connectivity index (χ2n) is 7.11. The second kappa shape index (κ2) is 9.56. The Morgan fingerprint density at radius 1 is 1.04 bits per heavy atom. The van der Waals surface area contributed by atoms with Crippen LogP contribution >= 0.6 is 11.6 Å². The molecule has 0 unspecified atom stereocenters. The zero-order valence-electron chi connectivity index (χ0n) is 16.3. The van der Waals surface area contributed by atoms with Crippen LogP contribution in [-0.2, 0) is 22.6 Å². The van der Waals surface area contributed by atoms with E-state index in [-0.39, 0.29) is 24.3 Å². The number of carbonyl (C=O) groups excluding carboxylic acids is 2. The van der Waals surface area contributed by atoms with Gasteiger partial charge in [-0.05, 0) is 44.9 Å². The van der Waals surface area contributed by atoms with Crippen LogP contribution in [0.3, 0.4) is 0 Å². The summed E-state index contributed by atoms with van der Waals surface area (Å²) in [6, 6.07) is 14.7. The summed E-state index contributed by atoms with van der Waals surface area (Å²) >= 11 is 6.21. The van der Waals surface area contributed by atoms with E-state index >= 15 is 0 Å². The molecule has 0 heterocycles. The lowest BCUT2D eigenvalue weighted by Crippen LogP contribution is -2.49. The Bertz CT molecular complexity index is 787. The molecule has 0 aromatic heterocycles. The van der Waals surface area contributed by atoms with Crippen LogP contribution in [-0.4, -0.2) is 28.8 Å². The molecule has 27 heavy (non-hydrogen) atoms. The average Bonchev–Trinajstić information content (AvgIpc) is 2.62. The van der Waals surface area contributed by atoms with Crippen molar-refractivity contribution < 1.29 is 9.59 Å². The van der Waals surface area contributed by atoms with Gasteiger partial charge in [0.2, 0.25) is 11.8 Å². The molecular weight excluding hydrogens is 360 g/mol. The molecule has 0 radical (unpaired) electrons. The minimum atomic E-state index is -0.580. The highest BCUT2D eigenvalue weighted by Crippen LogP contribution is 2.18. The molecule has 2 amide bonds. The van der Waals surface area contributed by atoms with Crippen molar-refractivity contribution in [2.75, 3.05) is 0 Å². The molecule has 4 nitrogen and oxygen atoms in total. The molecule has 2 aromatic carbocycles. The Morgan fingerprint density at radius 3 is 2.26 bits per heavy atom. The average molecular weight is 387 g/mol. The van der Waals surface area contributed by atoms with Gasteiger partial charge in [0.05, 0.1) is 6.42 Å². The SMILES string of the molecule is Cc1ccc(CN(C(=O)Cc2ccccc2Cl)[C@@H](C)C(=O)NC(C)C)cc1. The number of nitrogens with zero attached hydrogens (tertiary/aromatic N) is 1. The van der Waals surface area contributed by atoms with Crippen molar-refractivity contribution in [3.05, 3.63) is 70.2 Å². The molecule has 0 fully saturated rings. The lowest BCUT2D eigenvalue weighted by atomic mass is 10.1. The van der Waals surface area contributed by atoms with Gasteiger partial charge in [-0.15, -0.1) is 0 Å². The van der Waals surface area contributed by atoms with Crippen molar-refractivity contribution in [1.82, 2.24) is 10.2 Å². The van der Waals surface area contributed by atoms with E-state index in [1.807, 2.05) is 63.2 Å². The van der Waals surface area contributed by atoms with E-state index in [4.69, 9.17) is 11.6 Å². The van der Waals surface area contributed by atoms with Crippen molar-refractivity contribution in [3.63, 3.8) is 0 Å². The third-order valence-corrected chi connectivity index (χ3v) is 4.74. The number of benzene rings is 2. The van der Waals surface area contributed by atoms with E-state index in [0.717, 1.165) is 16.7 Å². The Morgan fingerprint density at radius 2 is 1.67 bits per heavy atom. The quantitative estimate of drug-likeness (QED) is 0.777. The lowest BCUT2D eigenvalue weighted by molar-refractivity contribution is -0.140. The van der Waals surface area contributed by atoms with Crippen molar-refractivity contribution >= 4 is 23.4 Å². The maximum Gasteiger partial charge on any atom is 0.242 e. The van der Waals surface area contributed by atoms with Gasteiger partial charge in [0, 0.05) is 17.6 Å². The van der Waals surface area contributed by atoms with Crippen LogP contribution in [0.5, 0.6) is 0 Å². The summed E-state index contributed by atoms with van der Waals surface area (Å²) in [5.41, 5.74) is 2.89. The molecular formula is C22H27ClN2O2. The van der Waals surface area contributed by atoms with E-state index in [1.165, 1.54) is 0 Å². The zero-order valence-corrected chi connectivity index (χ0v) is 17.1. The molecule has 0 aliphatic heterocycles. The van der Waals surface area contributed by atoms with Gasteiger partial charge in [-0.1, -0.05) is 59.6 Å². The third-order valence-electron chi connectivity index (χ3n) is 4.37. The van der Waals surface area contributed by atoms with Gasteiger partial charge in [0.15, 0.2) is 0 Å². The predicted molar refractivity (Wildman–Crippen MR) is 110 cm³/mol. The van der Waals surface area contributed by atoms with E-state index in [1.54, 1.807) is 17.9 Å². The number of amides is 2. The highest BCUT2D eigenvalue weighted by Gasteiger charge is 2.26. The highest BCUT2D eigenvalue weighted by molar-refractivity contribution is 6.31. The van der Waals surface area contributed by atoms with E-state index < -0.39 is 6.04 Å². The number of halogens is 1. The van der Waals surface area contributed by atoms with Crippen molar-refractivity contribution in [2.45, 2.75) is 52.7 Å². The second-order valence-corrected chi connectivity index (χ2v) is 7.52. The van der Waals surface area contributed by atoms with Gasteiger partial charge in [0.1, 0.15) is 6.04 Å². The zero-order chi connectivity index (χ0) is 20.0. The molecule has 0 aliphatic rings. The largest absolute Gasteiger partial charge is 0.352 e. The maximum atomic E-state index is 13.1. The van der Waals surface area contributed by atoms with Crippen LogP contribution in [0.4, 0.5) is 0 Å². The number of rotatable bonds is 7. The predicted octanol–water partition coefficient (Wildman–Crippen LogP) is 4.13. The molecule has 1 atom stereocenters. The molecule has 0 bridgehead atoms. The van der Waals surface area contributed by atoms with Gasteiger partial charge < -0.3 is 10.2 Å². The smallest absolute Gasteiger partial charge is 0.242 e. The maximum absolute atomic E-state index is 13.1. The molecule has 0 spiro atoms. The monoisotopic (exact) mass is 386 g/mol. The fourth-order valence-electron chi connectivity index (χ4n) is 2.78. The van der Waals surface area contributed by atoms with Crippen LogP contribution < -0.4 is 5.32 Å². The summed E-state index contributed by atoms with van der Waals surface area (Å²) in [5, 5.41) is 3.45. The summed E-state index contributed by atoms with van der Waals surface area (Å²) in [4.78, 5) is 27.2. The summed E-state index contributed by atoms with van der Waals surface area (Å²) in [6.45, 7) is 7.95. The number of nitrogens with one attached hydrogen (secondary N) is 1. The highest BCUT2D eigenvalue weighted by atomic mass is 35.5. The van der Waals surface area contributed by atoms with Gasteiger partial charge in [-0.2, -0.15) is 0 Å². The Labute approximate surface area is 166 Å². The van der Waals surface area contributed by atoms with Crippen LogP contribution in [0, 0.1) is 6.92 Å². The fourth-order valence-corrected chi connectivity index (χ4v) is 2.99. The van der Waals surface area contributed by atoms with E-state index in [0.29, 0.717) is 11.6 Å². The molecule has 5 heteroatoms. The van der Waals surface area contributed by atoms with Crippen LogP contribution in [0.1, 0.15) is 37.5 Å². The number of hydrogen-bond donors (Lipinski definition) is 1. The summed E-state index contributed by atoms with van der Waals surface area (Å²) in [6.07, 6.45) is 0.158. The first-order chi connectivity index (χ1) is 12.8. The number of carbonyl (C=O) groups is 2. The minimum Gasteiger partial charge on any atom is -0.352 e. The molecule has 2 aromatic rings. The summed E-state index contributed by atoms with van der Waals surface area (Å²) < 4.78 is 0. The van der Waals surface area contributed by atoms with Gasteiger partial charge >= 0.3 is 0 Å². The molecule has 0 saturated carbocycles. The van der Waals surface area contributed by atoms with Crippen molar-refractivity contribution in [2.24, 2.45) is 0 Å². The molecule has 2 rings (SSSR count). The van der Waals surface area contributed by atoms with Crippen LogP contribution in [0.25, 0.3) is 0 Å². The summed E-state index contributed by atoms with van der Waals surface area (Å²) in [5.74, 6) is -0.292. The first kappa shape index (κ1) is 21.0. The lowest BCUT2D eigenvalue weighted by Gasteiger charge is -2.29. The molecule has 144 valence electrons. The Hall–Kier alpha value is -2.33. The third kappa shape index (κ3) is 6.10. The van der Waals surface area contributed by atoms with E-state index in [9.17, 15) is 9.59 Å². The fraction of sp³-hybridized carbons (Fsp3) is 0.364. The normalized spacial score (nSPS) is 11.9. The van der Waals surface area contributed by atoms with Crippen LogP contribution in [0.2, 0.25) is 5.02 Å². The summed E-state index contributed by atoms with van der Waals surface area (Å²) in [7, 11) is 0. The molecule has 1 N–H and O–H groups in total. The topological polar surface area (TPSA) is 49.4 Å². The number of aryl methyl sites for hydroxylation is 1. The molecule has 0 aliphatic carbocycles. The standard InChI is InChI=1S/C22H27ClN2O2/c1-15(2)24-22(27)17(4)25(14-18-11-9-16(3)10-12-18)21(26)13-19-7-5-6-8-20(19)23/h5-12,15,17H,13-14H2,1-4H3,(H,24,27)/t17-/m0/s1. The number of hydrogen-bond acceptors (Lipinski definition) is 2. The first-order valence-corrected chi connectivity index (χ1v) is 9.54. The van der Waals surface area contributed by atoms with Crippen molar-refractivity contribution in [1.29, 1.82) is 0 Å². The van der Waals surface area contributed by atoms with Gasteiger partial charge in [-0.25, -0.2) is 0 Å². The molecule has 0 saturated heterocycles. The van der Waals surface area contributed by atoms with Gasteiger partial charge in [-0.3, -0.25) is 9.59 Å². The van der Waals surface area contributed by atoms with E-state index in [2.05, 4.69) is 5.32 Å². The Kier molecular flexibility index (Phi) is 7.43. The van der Waals surface area contributed by atoms with Crippen molar-refractivity contribution in [3.8, 4) is 0 Å². The first-order valence-electron chi connectivity index (χ1n) is 9.16.